The molecule has 0 saturated carbocycles. The molecule has 2 aromatic heterocycles. The summed E-state index contributed by atoms with van der Waals surface area (Å²) in [5.74, 6) is -0.318. The smallest absolute Gasteiger partial charge is 0.276 e. The van der Waals surface area contributed by atoms with Crippen LogP contribution in [0.25, 0.3) is 10.8 Å². The number of carbonyl (C=O) groups is 1. The van der Waals surface area contributed by atoms with Crippen molar-refractivity contribution in [3.8, 4) is 0 Å². The first-order chi connectivity index (χ1) is 10.0. The lowest BCUT2D eigenvalue weighted by Crippen LogP contribution is -2.14. The predicted molar refractivity (Wildman–Crippen MR) is 83.5 cm³/mol. The van der Waals surface area contributed by atoms with Crippen molar-refractivity contribution in [2.75, 3.05) is 11.1 Å². The van der Waals surface area contributed by atoms with Crippen LogP contribution in [0, 0.1) is 13.8 Å². The van der Waals surface area contributed by atoms with Gasteiger partial charge in [-0.1, -0.05) is 11.3 Å². The van der Waals surface area contributed by atoms with E-state index in [4.69, 9.17) is 5.73 Å². The minimum atomic E-state index is -0.318. The molecule has 0 aliphatic carbocycles. The van der Waals surface area contributed by atoms with Gasteiger partial charge < -0.3 is 5.73 Å². The third-order valence-corrected chi connectivity index (χ3v) is 3.77. The van der Waals surface area contributed by atoms with Crippen LogP contribution in [0.5, 0.6) is 0 Å². The van der Waals surface area contributed by atoms with Crippen LogP contribution < -0.4 is 11.1 Å². The number of nitrogen functional groups attached to an aromatic ring is 1. The lowest BCUT2D eigenvalue weighted by molar-refractivity contribution is 0.102. The topological polar surface area (TPSA) is 93.8 Å². The highest BCUT2D eigenvalue weighted by Crippen LogP contribution is 2.25. The average Bonchev–Trinajstić information content (AvgIpc) is 2.83. The SMILES string of the molecule is Cc1cc(N)c2ccnc(C(=O)Nc3nnc(C)s3)c2c1. The second kappa shape index (κ2) is 5.10. The lowest BCUT2D eigenvalue weighted by atomic mass is 10.0. The van der Waals surface area contributed by atoms with E-state index in [1.54, 1.807) is 12.3 Å². The Balaban J connectivity index is 2.05. The molecule has 2 heterocycles. The number of aryl methyl sites for hydroxylation is 2. The molecule has 0 aliphatic heterocycles. The van der Waals surface area contributed by atoms with Crippen molar-refractivity contribution < 1.29 is 4.79 Å². The number of anilines is 2. The maximum absolute atomic E-state index is 12.4. The molecule has 0 aliphatic rings. The van der Waals surface area contributed by atoms with Crippen LogP contribution in [0.15, 0.2) is 24.4 Å². The second-order valence-corrected chi connectivity index (χ2v) is 5.87. The van der Waals surface area contributed by atoms with Gasteiger partial charge in [-0.05, 0) is 37.6 Å². The summed E-state index contributed by atoms with van der Waals surface area (Å²) in [5, 5.41) is 13.2. The van der Waals surface area contributed by atoms with E-state index >= 15 is 0 Å². The number of rotatable bonds is 2. The van der Waals surface area contributed by atoms with Crippen LogP contribution in [0.1, 0.15) is 21.1 Å². The van der Waals surface area contributed by atoms with E-state index in [9.17, 15) is 4.79 Å². The summed E-state index contributed by atoms with van der Waals surface area (Å²) in [7, 11) is 0. The number of aromatic nitrogens is 3. The van der Waals surface area contributed by atoms with Crippen molar-refractivity contribution in [1.29, 1.82) is 0 Å². The third-order valence-electron chi connectivity index (χ3n) is 3.02. The van der Waals surface area contributed by atoms with Gasteiger partial charge >= 0.3 is 0 Å². The zero-order chi connectivity index (χ0) is 15.0. The van der Waals surface area contributed by atoms with Crippen LogP contribution in [0.4, 0.5) is 10.8 Å². The third kappa shape index (κ3) is 2.55. The molecule has 106 valence electrons. The molecule has 3 rings (SSSR count). The van der Waals surface area contributed by atoms with Crippen molar-refractivity contribution in [2.45, 2.75) is 13.8 Å². The highest BCUT2D eigenvalue weighted by Gasteiger charge is 2.15. The molecular weight excluding hydrogens is 286 g/mol. The van der Waals surface area contributed by atoms with E-state index < -0.39 is 0 Å². The van der Waals surface area contributed by atoms with Crippen molar-refractivity contribution >= 4 is 38.8 Å². The van der Waals surface area contributed by atoms with Crippen LogP contribution >= 0.6 is 11.3 Å². The fraction of sp³-hybridized carbons (Fsp3) is 0.143. The maximum atomic E-state index is 12.4. The van der Waals surface area contributed by atoms with Crippen molar-refractivity contribution in [3.63, 3.8) is 0 Å². The summed E-state index contributed by atoms with van der Waals surface area (Å²) in [5.41, 5.74) is 7.94. The fourth-order valence-corrected chi connectivity index (χ4v) is 2.73. The summed E-state index contributed by atoms with van der Waals surface area (Å²) in [4.78, 5) is 16.6. The van der Waals surface area contributed by atoms with Gasteiger partial charge in [0.15, 0.2) is 0 Å². The first-order valence-electron chi connectivity index (χ1n) is 6.31. The number of amides is 1. The Hall–Kier alpha value is -2.54. The van der Waals surface area contributed by atoms with Crippen LogP contribution in [-0.2, 0) is 0 Å². The van der Waals surface area contributed by atoms with Crippen LogP contribution in [0.2, 0.25) is 0 Å². The van der Waals surface area contributed by atoms with Gasteiger partial charge in [-0.3, -0.25) is 15.1 Å². The highest BCUT2D eigenvalue weighted by molar-refractivity contribution is 7.15. The molecule has 21 heavy (non-hydrogen) atoms. The molecule has 0 fully saturated rings. The molecule has 0 spiro atoms. The Morgan fingerprint density at radius 1 is 1.24 bits per heavy atom. The zero-order valence-electron chi connectivity index (χ0n) is 11.5. The van der Waals surface area contributed by atoms with E-state index in [1.807, 2.05) is 26.0 Å². The fourth-order valence-electron chi connectivity index (χ4n) is 2.15. The van der Waals surface area contributed by atoms with Gasteiger partial charge in [0.2, 0.25) is 5.13 Å². The number of fused-ring (bicyclic) bond motifs is 1. The summed E-state index contributed by atoms with van der Waals surface area (Å²) in [6, 6.07) is 5.58. The second-order valence-electron chi connectivity index (χ2n) is 4.69. The molecule has 3 N–H and O–H groups in total. The van der Waals surface area contributed by atoms with Gasteiger partial charge in [0, 0.05) is 22.7 Å². The van der Waals surface area contributed by atoms with Crippen molar-refractivity contribution in [1.82, 2.24) is 15.2 Å². The van der Waals surface area contributed by atoms with Gasteiger partial charge in [-0.2, -0.15) is 0 Å². The van der Waals surface area contributed by atoms with Crippen LogP contribution in [0.3, 0.4) is 0 Å². The molecule has 0 bridgehead atoms. The average molecular weight is 299 g/mol. The molecule has 3 aromatic rings. The Morgan fingerprint density at radius 3 is 2.76 bits per heavy atom. The zero-order valence-corrected chi connectivity index (χ0v) is 12.4. The van der Waals surface area contributed by atoms with Gasteiger partial charge in [0.25, 0.3) is 5.91 Å². The molecule has 1 aromatic carbocycles. The van der Waals surface area contributed by atoms with Gasteiger partial charge in [0.1, 0.15) is 10.7 Å². The van der Waals surface area contributed by atoms with E-state index in [1.165, 1.54) is 11.3 Å². The molecule has 0 radical (unpaired) electrons. The Morgan fingerprint density at radius 2 is 2.05 bits per heavy atom. The van der Waals surface area contributed by atoms with Crippen LogP contribution in [-0.4, -0.2) is 21.1 Å². The summed E-state index contributed by atoms with van der Waals surface area (Å²) < 4.78 is 0. The number of benzene rings is 1. The van der Waals surface area contributed by atoms with Crippen molar-refractivity contribution in [3.05, 3.63) is 40.7 Å². The number of nitrogens with zero attached hydrogens (tertiary/aromatic N) is 3. The number of hydrogen-bond donors (Lipinski definition) is 2. The minimum absolute atomic E-state index is 0.318. The van der Waals surface area contributed by atoms with Gasteiger partial charge in [-0.15, -0.1) is 10.2 Å². The molecule has 0 atom stereocenters. The maximum Gasteiger partial charge on any atom is 0.276 e. The first-order valence-corrected chi connectivity index (χ1v) is 7.12. The van der Waals surface area contributed by atoms with E-state index in [0.717, 1.165) is 21.3 Å². The van der Waals surface area contributed by atoms with E-state index in [-0.39, 0.29) is 5.91 Å². The number of nitrogens with one attached hydrogen (secondary N) is 1. The molecule has 6 nitrogen and oxygen atoms in total. The number of pyridine rings is 1. The molecular formula is C14H13N5OS. The minimum Gasteiger partial charge on any atom is -0.398 e. The number of nitrogens with two attached hydrogens (primary N) is 1. The summed E-state index contributed by atoms with van der Waals surface area (Å²) in [6.07, 6.45) is 1.58. The largest absolute Gasteiger partial charge is 0.398 e. The van der Waals surface area contributed by atoms with Gasteiger partial charge in [-0.25, -0.2) is 0 Å². The Bertz CT molecular complexity index is 842. The molecule has 0 unspecified atom stereocenters. The van der Waals surface area contributed by atoms with Gasteiger partial charge in [0.05, 0.1) is 0 Å². The van der Waals surface area contributed by atoms with Crippen molar-refractivity contribution in [2.24, 2.45) is 0 Å². The highest BCUT2D eigenvalue weighted by atomic mass is 32.1. The number of hydrogen-bond acceptors (Lipinski definition) is 6. The summed E-state index contributed by atoms with van der Waals surface area (Å²) >= 11 is 1.32. The normalized spacial score (nSPS) is 10.8. The number of carbonyl (C=O) groups excluding carboxylic acids is 1. The first kappa shape index (κ1) is 13.4. The molecule has 7 heteroatoms. The quantitative estimate of drug-likeness (QED) is 0.709. The Labute approximate surface area is 125 Å². The predicted octanol–water partition coefficient (Wildman–Crippen LogP) is 2.54. The standard InChI is InChI=1S/C14H13N5OS/c1-7-5-10-9(11(15)6-7)3-4-16-12(10)13(20)17-14-19-18-8(2)21-14/h3-6H,15H2,1-2H3,(H,17,19,20). The monoisotopic (exact) mass is 299 g/mol. The van der Waals surface area contributed by atoms with E-state index in [2.05, 4.69) is 20.5 Å². The lowest BCUT2D eigenvalue weighted by Gasteiger charge is -2.08. The summed E-state index contributed by atoms with van der Waals surface area (Å²) in [6.45, 7) is 3.76. The molecule has 1 amide bonds. The molecule has 0 saturated heterocycles. The Kier molecular flexibility index (Phi) is 3.26. The van der Waals surface area contributed by atoms with E-state index in [0.29, 0.717) is 16.5 Å².